The van der Waals surface area contributed by atoms with Gasteiger partial charge in [-0.15, -0.1) is 0 Å². The van der Waals surface area contributed by atoms with Gasteiger partial charge in [-0.3, -0.25) is 9.67 Å². The van der Waals surface area contributed by atoms with Crippen LogP contribution in [0.25, 0.3) is 11.0 Å². The summed E-state index contributed by atoms with van der Waals surface area (Å²) >= 11 is 3.44. The van der Waals surface area contributed by atoms with Gasteiger partial charge in [0.15, 0.2) is 0 Å². The Hall–Kier alpha value is -0.900. The molecular weight excluding hydrogens is 254 g/mol. The summed E-state index contributed by atoms with van der Waals surface area (Å²) in [4.78, 5) is 4.32. The molecule has 0 N–H and O–H groups in total. The van der Waals surface area contributed by atoms with Crippen LogP contribution in [0.1, 0.15) is 19.3 Å². The molecular formula is C11H12BrN3. The topological polar surface area (TPSA) is 30.7 Å². The quantitative estimate of drug-likeness (QED) is 0.836. The number of pyridine rings is 1. The summed E-state index contributed by atoms with van der Waals surface area (Å²) in [6.45, 7) is 1.04. The van der Waals surface area contributed by atoms with Gasteiger partial charge in [0.1, 0.15) is 5.52 Å². The number of nitrogens with zero attached hydrogens (tertiary/aromatic N) is 3. The van der Waals surface area contributed by atoms with Crippen LogP contribution in [0.3, 0.4) is 0 Å². The second-order valence-electron chi connectivity index (χ2n) is 4.18. The molecule has 4 heteroatoms. The van der Waals surface area contributed by atoms with Crippen LogP contribution in [0.2, 0.25) is 0 Å². The molecule has 3 nitrogen and oxygen atoms in total. The molecule has 0 spiro atoms. The van der Waals surface area contributed by atoms with E-state index in [1.54, 1.807) is 0 Å². The van der Waals surface area contributed by atoms with E-state index in [4.69, 9.17) is 0 Å². The molecule has 0 aromatic carbocycles. The Kier molecular flexibility index (Phi) is 2.24. The predicted molar refractivity (Wildman–Crippen MR) is 62.6 cm³/mol. The van der Waals surface area contributed by atoms with Gasteiger partial charge in [0.2, 0.25) is 0 Å². The molecule has 1 fully saturated rings. The van der Waals surface area contributed by atoms with Gasteiger partial charge in [-0.25, -0.2) is 0 Å². The average Bonchev–Trinajstić information content (AvgIpc) is 2.54. The highest BCUT2D eigenvalue weighted by Crippen LogP contribution is 2.28. The highest BCUT2D eigenvalue weighted by atomic mass is 79.9. The molecule has 15 heavy (non-hydrogen) atoms. The molecule has 0 atom stereocenters. The Morgan fingerprint density at radius 1 is 1.40 bits per heavy atom. The molecule has 0 radical (unpaired) electrons. The maximum atomic E-state index is 4.39. The van der Waals surface area contributed by atoms with E-state index in [-0.39, 0.29) is 0 Å². The van der Waals surface area contributed by atoms with Crippen LogP contribution in [0.5, 0.6) is 0 Å². The van der Waals surface area contributed by atoms with E-state index in [2.05, 4.69) is 36.8 Å². The van der Waals surface area contributed by atoms with Gasteiger partial charge in [-0.05, 0) is 40.8 Å². The van der Waals surface area contributed by atoms with Crippen LogP contribution >= 0.6 is 15.9 Å². The SMILES string of the molecule is Brc1cnc2cnn(CC3CCC3)c2c1. The van der Waals surface area contributed by atoms with E-state index >= 15 is 0 Å². The average molecular weight is 266 g/mol. The number of rotatable bonds is 2. The van der Waals surface area contributed by atoms with Crippen LogP contribution < -0.4 is 0 Å². The largest absolute Gasteiger partial charge is 0.263 e. The lowest BCUT2D eigenvalue weighted by molar-refractivity contribution is 0.270. The lowest BCUT2D eigenvalue weighted by Gasteiger charge is -2.25. The molecule has 0 amide bonds. The first-order valence-electron chi connectivity index (χ1n) is 5.30. The lowest BCUT2D eigenvalue weighted by atomic mass is 9.85. The number of aromatic nitrogens is 3. The summed E-state index contributed by atoms with van der Waals surface area (Å²) in [5.41, 5.74) is 2.12. The van der Waals surface area contributed by atoms with Gasteiger partial charge in [0, 0.05) is 17.2 Å². The van der Waals surface area contributed by atoms with Crippen molar-refractivity contribution in [1.29, 1.82) is 0 Å². The highest BCUT2D eigenvalue weighted by molar-refractivity contribution is 9.10. The van der Waals surface area contributed by atoms with Crippen molar-refractivity contribution >= 4 is 27.0 Å². The van der Waals surface area contributed by atoms with Crippen molar-refractivity contribution in [2.45, 2.75) is 25.8 Å². The minimum atomic E-state index is 0.826. The van der Waals surface area contributed by atoms with Crippen LogP contribution in [0.4, 0.5) is 0 Å². The molecule has 1 aliphatic carbocycles. The van der Waals surface area contributed by atoms with Gasteiger partial charge in [-0.2, -0.15) is 5.10 Å². The first-order valence-corrected chi connectivity index (χ1v) is 6.09. The fraction of sp³-hybridized carbons (Fsp3) is 0.455. The van der Waals surface area contributed by atoms with E-state index < -0.39 is 0 Å². The Labute approximate surface area is 96.6 Å². The van der Waals surface area contributed by atoms with E-state index in [9.17, 15) is 0 Å². The van der Waals surface area contributed by atoms with E-state index in [0.717, 1.165) is 28.0 Å². The standard InChI is InChI=1S/C11H12BrN3/c12-9-4-11-10(13-5-9)6-14-15(11)7-8-2-1-3-8/h4-6,8H,1-3,7H2. The molecule has 1 saturated carbocycles. The third-order valence-electron chi connectivity index (χ3n) is 3.12. The normalized spacial score (nSPS) is 16.9. The molecule has 2 aromatic rings. The Balaban J connectivity index is 1.98. The fourth-order valence-electron chi connectivity index (χ4n) is 2.00. The van der Waals surface area contributed by atoms with Gasteiger partial charge >= 0.3 is 0 Å². The summed E-state index contributed by atoms with van der Waals surface area (Å²) in [7, 11) is 0. The van der Waals surface area contributed by atoms with Gasteiger partial charge in [-0.1, -0.05) is 6.42 Å². The first-order chi connectivity index (χ1) is 7.33. The Morgan fingerprint density at radius 3 is 3.00 bits per heavy atom. The smallest absolute Gasteiger partial charge is 0.108 e. The third-order valence-corrected chi connectivity index (χ3v) is 3.55. The number of halogens is 1. The molecule has 0 unspecified atom stereocenters. The van der Waals surface area contributed by atoms with Crippen LogP contribution in [-0.4, -0.2) is 14.8 Å². The van der Waals surface area contributed by atoms with Crippen molar-refractivity contribution in [3.8, 4) is 0 Å². The molecule has 0 bridgehead atoms. The maximum absolute atomic E-state index is 4.39. The zero-order valence-electron chi connectivity index (χ0n) is 8.36. The van der Waals surface area contributed by atoms with Crippen molar-refractivity contribution in [2.75, 3.05) is 0 Å². The molecule has 78 valence electrons. The first kappa shape index (κ1) is 9.33. The Morgan fingerprint density at radius 2 is 2.27 bits per heavy atom. The summed E-state index contributed by atoms with van der Waals surface area (Å²) in [6, 6.07) is 2.09. The zero-order valence-corrected chi connectivity index (χ0v) is 9.94. The number of hydrogen-bond acceptors (Lipinski definition) is 2. The number of hydrogen-bond donors (Lipinski definition) is 0. The lowest BCUT2D eigenvalue weighted by Crippen LogP contribution is -2.18. The van der Waals surface area contributed by atoms with Gasteiger partial charge in [0.25, 0.3) is 0 Å². The van der Waals surface area contributed by atoms with E-state index in [1.807, 2.05) is 12.4 Å². The molecule has 2 aromatic heterocycles. The summed E-state index contributed by atoms with van der Waals surface area (Å²) in [5.74, 6) is 0.826. The molecule has 1 aliphatic rings. The van der Waals surface area contributed by atoms with Gasteiger partial charge in [0.05, 0.1) is 11.7 Å². The monoisotopic (exact) mass is 265 g/mol. The molecule has 0 saturated heterocycles. The van der Waals surface area contributed by atoms with Crippen molar-refractivity contribution < 1.29 is 0 Å². The van der Waals surface area contributed by atoms with E-state index in [0.29, 0.717) is 0 Å². The van der Waals surface area contributed by atoms with Crippen molar-refractivity contribution in [1.82, 2.24) is 14.8 Å². The fourth-order valence-corrected chi connectivity index (χ4v) is 2.32. The second kappa shape index (κ2) is 3.59. The van der Waals surface area contributed by atoms with Crippen molar-refractivity contribution in [2.24, 2.45) is 5.92 Å². The predicted octanol–water partition coefficient (Wildman–Crippen LogP) is 2.99. The van der Waals surface area contributed by atoms with Gasteiger partial charge < -0.3 is 0 Å². The molecule has 2 heterocycles. The summed E-state index contributed by atoms with van der Waals surface area (Å²) in [6.07, 6.45) is 7.75. The number of fused-ring (bicyclic) bond motifs is 1. The molecule has 0 aliphatic heterocycles. The third kappa shape index (κ3) is 1.67. The Bertz CT molecular complexity index is 488. The zero-order chi connectivity index (χ0) is 10.3. The van der Waals surface area contributed by atoms with E-state index in [1.165, 1.54) is 19.3 Å². The van der Waals surface area contributed by atoms with Crippen LogP contribution in [-0.2, 0) is 6.54 Å². The minimum Gasteiger partial charge on any atom is -0.263 e. The van der Waals surface area contributed by atoms with Crippen LogP contribution in [0, 0.1) is 5.92 Å². The summed E-state index contributed by atoms with van der Waals surface area (Å²) in [5, 5.41) is 4.39. The highest BCUT2D eigenvalue weighted by Gasteiger charge is 2.19. The van der Waals surface area contributed by atoms with Crippen molar-refractivity contribution in [3.63, 3.8) is 0 Å². The maximum Gasteiger partial charge on any atom is 0.108 e. The van der Waals surface area contributed by atoms with Crippen LogP contribution in [0.15, 0.2) is 22.9 Å². The molecule has 3 rings (SSSR count). The van der Waals surface area contributed by atoms with Crippen molar-refractivity contribution in [3.05, 3.63) is 22.9 Å². The summed E-state index contributed by atoms with van der Waals surface area (Å²) < 4.78 is 3.10. The second-order valence-corrected chi connectivity index (χ2v) is 5.10. The minimum absolute atomic E-state index is 0.826.